The Balaban J connectivity index is 2.29. The van der Waals surface area contributed by atoms with E-state index in [1.54, 1.807) is 12.1 Å². The van der Waals surface area contributed by atoms with E-state index in [4.69, 9.17) is 8.83 Å². The maximum atomic E-state index is 10.6. The molecule has 0 amide bonds. The molecule has 2 rings (SSSR count). The van der Waals surface area contributed by atoms with Crippen molar-refractivity contribution < 1.29 is 18.4 Å². The number of carbonyl (C=O) groups excluding carboxylic acids is 2. The molecule has 0 bridgehead atoms. The molecule has 0 saturated carbocycles. The molecule has 4 nitrogen and oxygen atoms in total. The van der Waals surface area contributed by atoms with Crippen LogP contribution in [0.25, 0.3) is 0 Å². The summed E-state index contributed by atoms with van der Waals surface area (Å²) in [7, 11) is 0. The minimum absolute atomic E-state index is 0.248. The summed E-state index contributed by atoms with van der Waals surface area (Å²) in [6.45, 7) is 0. The summed E-state index contributed by atoms with van der Waals surface area (Å²) in [5.74, 6) is 0.496. The van der Waals surface area contributed by atoms with E-state index < -0.39 is 0 Å². The largest absolute Gasteiger partial charge is 0.460 e. The lowest BCUT2D eigenvalue weighted by molar-refractivity contribution is 0.109. The molecule has 0 spiro atoms. The molecule has 0 N–H and O–H groups in total. The van der Waals surface area contributed by atoms with Crippen molar-refractivity contribution in [3.05, 3.63) is 36.2 Å². The molecule has 76 valence electrons. The van der Waals surface area contributed by atoms with Gasteiger partial charge in [-0.1, -0.05) is 11.8 Å². The van der Waals surface area contributed by atoms with Gasteiger partial charge in [-0.15, -0.1) is 0 Å². The highest BCUT2D eigenvalue weighted by atomic mass is 32.2. The summed E-state index contributed by atoms with van der Waals surface area (Å²) >= 11 is 1.25. The molecular weight excluding hydrogens is 216 g/mol. The highest BCUT2D eigenvalue weighted by Gasteiger charge is 2.11. The van der Waals surface area contributed by atoms with Crippen LogP contribution in [0.2, 0.25) is 0 Å². The first-order valence-corrected chi connectivity index (χ1v) is 4.90. The van der Waals surface area contributed by atoms with Crippen molar-refractivity contribution in [1.82, 2.24) is 0 Å². The first-order chi connectivity index (χ1) is 7.35. The average molecular weight is 222 g/mol. The zero-order valence-electron chi connectivity index (χ0n) is 7.51. The van der Waals surface area contributed by atoms with Gasteiger partial charge in [0.15, 0.2) is 24.1 Å². The number of aldehydes is 2. The highest BCUT2D eigenvalue weighted by Crippen LogP contribution is 2.32. The fourth-order valence-electron chi connectivity index (χ4n) is 1.08. The first kappa shape index (κ1) is 9.79. The van der Waals surface area contributed by atoms with Gasteiger partial charge in [-0.25, -0.2) is 0 Å². The van der Waals surface area contributed by atoms with E-state index in [0.717, 1.165) is 0 Å². The molecule has 15 heavy (non-hydrogen) atoms. The Morgan fingerprint density at radius 1 is 0.933 bits per heavy atom. The predicted molar refractivity (Wildman–Crippen MR) is 52.3 cm³/mol. The van der Waals surface area contributed by atoms with E-state index in [0.29, 0.717) is 22.4 Å². The zero-order chi connectivity index (χ0) is 10.7. The predicted octanol–water partition coefficient (Wildman–Crippen LogP) is 2.65. The highest BCUT2D eigenvalue weighted by molar-refractivity contribution is 7.99. The minimum atomic E-state index is 0.248. The lowest BCUT2D eigenvalue weighted by atomic mass is 10.5. The van der Waals surface area contributed by atoms with Gasteiger partial charge in [0.05, 0.1) is 22.3 Å². The number of hydrogen-bond donors (Lipinski definition) is 0. The van der Waals surface area contributed by atoms with Crippen LogP contribution in [0, 0.1) is 0 Å². The Bertz CT molecular complexity index is 439. The van der Waals surface area contributed by atoms with Gasteiger partial charge in [-0.2, -0.15) is 0 Å². The Labute approximate surface area is 89.3 Å². The third-order valence-corrected chi connectivity index (χ3v) is 2.86. The Morgan fingerprint density at radius 2 is 1.40 bits per heavy atom. The Morgan fingerprint density at radius 3 is 1.80 bits per heavy atom. The molecule has 2 heterocycles. The number of carbonyl (C=O) groups is 2. The van der Waals surface area contributed by atoms with Crippen LogP contribution in [-0.2, 0) is 0 Å². The fraction of sp³-hybridized carbons (Fsp3) is 0. The maximum Gasteiger partial charge on any atom is 0.186 e. The molecule has 2 aromatic rings. The lowest BCUT2D eigenvalue weighted by Crippen LogP contribution is -1.80. The van der Waals surface area contributed by atoms with E-state index >= 15 is 0 Å². The van der Waals surface area contributed by atoms with Gasteiger partial charge >= 0.3 is 0 Å². The fourth-order valence-corrected chi connectivity index (χ4v) is 1.96. The molecule has 0 atom stereocenters. The number of hydrogen-bond acceptors (Lipinski definition) is 5. The van der Waals surface area contributed by atoms with Gasteiger partial charge in [-0.3, -0.25) is 9.59 Å². The zero-order valence-corrected chi connectivity index (χ0v) is 8.32. The van der Waals surface area contributed by atoms with Crippen LogP contribution in [0.4, 0.5) is 0 Å². The topological polar surface area (TPSA) is 60.4 Å². The van der Waals surface area contributed by atoms with E-state index in [2.05, 4.69) is 0 Å². The second-order valence-corrected chi connectivity index (χ2v) is 3.72. The Hall–Kier alpha value is -1.75. The van der Waals surface area contributed by atoms with E-state index in [-0.39, 0.29) is 11.5 Å². The van der Waals surface area contributed by atoms with Crippen LogP contribution in [0.1, 0.15) is 21.1 Å². The third kappa shape index (κ3) is 1.87. The van der Waals surface area contributed by atoms with Crippen molar-refractivity contribution in [3.8, 4) is 0 Å². The molecule has 0 aromatic carbocycles. The summed E-state index contributed by atoms with van der Waals surface area (Å²) in [5.41, 5.74) is 0. The minimum Gasteiger partial charge on any atom is -0.460 e. The molecule has 0 saturated heterocycles. The van der Waals surface area contributed by atoms with Crippen molar-refractivity contribution >= 4 is 24.3 Å². The van der Waals surface area contributed by atoms with Crippen LogP contribution >= 0.6 is 11.8 Å². The first-order valence-electron chi connectivity index (χ1n) is 4.08. The van der Waals surface area contributed by atoms with Gasteiger partial charge in [0.1, 0.15) is 0 Å². The van der Waals surface area contributed by atoms with Crippen molar-refractivity contribution in [3.63, 3.8) is 0 Å². The third-order valence-electron chi connectivity index (χ3n) is 1.75. The smallest absolute Gasteiger partial charge is 0.186 e. The number of rotatable bonds is 4. The van der Waals surface area contributed by atoms with Crippen molar-refractivity contribution in [2.45, 2.75) is 9.79 Å². The molecule has 0 aliphatic rings. The van der Waals surface area contributed by atoms with Crippen molar-refractivity contribution in [2.75, 3.05) is 0 Å². The van der Waals surface area contributed by atoms with Crippen LogP contribution in [0.5, 0.6) is 0 Å². The van der Waals surface area contributed by atoms with E-state index in [1.807, 2.05) is 0 Å². The SMILES string of the molecule is O=Cc1occc1Sc1ccoc1C=O. The Kier molecular flexibility index (Phi) is 2.73. The summed E-state index contributed by atoms with van der Waals surface area (Å²) < 4.78 is 9.86. The molecule has 5 heteroatoms. The average Bonchev–Trinajstić information content (AvgIpc) is 2.87. The van der Waals surface area contributed by atoms with Gasteiger partial charge < -0.3 is 8.83 Å². The standard InChI is InChI=1S/C10H6O4S/c11-5-7-9(1-3-13-7)15-10-2-4-14-8(10)6-12/h1-6H. The second kappa shape index (κ2) is 4.18. The molecule has 0 aliphatic carbocycles. The second-order valence-electron chi connectivity index (χ2n) is 2.64. The molecule has 0 fully saturated rings. The summed E-state index contributed by atoms with van der Waals surface area (Å²) in [5, 5.41) is 0. The van der Waals surface area contributed by atoms with Crippen LogP contribution in [0.3, 0.4) is 0 Å². The summed E-state index contributed by atoms with van der Waals surface area (Å²) in [6, 6.07) is 3.33. The quantitative estimate of drug-likeness (QED) is 0.744. The van der Waals surface area contributed by atoms with Crippen LogP contribution < -0.4 is 0 Å². The monoisotopic (exact) mass is 222 g/mol. The number of furan rings is 2. The van der Waals surface area contributed by atoms with Crippen molar-refractivity contribution in [1.29, 1.82) is 0 Å². The summed E-state index contributed by atoms with van der Waals surface area (Å²) in [4.78, 5) is 22.5. The molecular formula is C10H6O4S. The molecule has 0 unspecified atom stereocenters. The van der Waals surface area contributed by atoms with E-state index in [9.17, 15) is 9.59 Å². The maximum absolute atomic E-state index is 10.6. The van der Waals surface area contributed by atoms with Gasteiger partial charge in [0.2, 0.25) is 0 Å². The van der Waals surface area contributed by atoms with Gasteiger partial charge in [-0.05, 0) is 12.1 Å². The van der Waals surface area contributed by atoms with Gasteiger partial charge in [0.25, 0.3) is 0 Å². The molecule has 0 radical (unpaired) electrons. The van der Waals surface area contributed by atoms with Crippen LogP contribution in [0.15, 0.2) is 43.3 Å². The molecule has 0 aliphatic heterocycles. The van der Waals surface area contributed by atoms with Gasteiger partial charge in [0, 0.05) is 0 Å². The van der Waals surface area contributed by atoms with Crippen LogP contribution in [-0.4, -0.2) is 12.6 Å². The normalized spacial score (nSPS) is 10.1. The van der Waals surface area contributed by atoms with E-state index in [1.165, 1.54) is 24.3 Å². The molecule has 2 aromatic heterocycles. The summed E-state index contributed by atoms with van der Waals surface area (Å²) in [6.07, 6.45) is 4.10. The van der Waals surface area contributed by atoms with Crippen molar-refractivity contribution in [2.24, 2.45) is 0 Å². The lowest BCUT2D eigenvalue weighted by Gasteiger charge is -1.94.